The second kappa shape index (κ2) is 13.4. The normalized spacial score (nSPS) is 24.2. The Morgan fingerprint density at radius 2 is 1.59 bits per heavy atom. The van der Waals surface area contributed by atoms with Crippen LogP contribution in [0.3, 0.4) is 0 Å². The number of carbonyl (C=O) groups is 3. The molecule has 0 saturated carbocycles. The van der Waals surface area contributed by atoms with Crippen LogP contribution in [-0.4, -0.2) is 53.6 Å². The number of aliphatic hydroxyl groups excluding tert-OH is 1. The fourth-order valence-corrected chi connectivity index (χ4v) is 6.27. The maximum atomic E-state index is 13.1. The minimum atomic E-state index is -0.756. The summed E-state index contributed by atoms with van der Waals surface area (Å²) in [5, 5.41) is 12.4. The van der Waals surface area contributed by atoms with Gasteiger partial charge in [0.2, 0.25) is 0 Å². The molecule has 9 nitrogen and oxygen atoms in total. The van der Waals surface area contributed by atoms with Gasteiger partial charge in [-0.05, 0) is 67.4 Å². The highest BCUT2D eigenvalue weighted by atomic mass is 16.7. The maximum absolute atomic E-state index is 13.1. The fourth-order valence-electron chi connectivity index (χ4n) is 6.27. The Labute approximate surface area is 257 Å². The van der Waals surface area contributed by atoms with Crippen molar-refractivity contribution in [2.75, 3.05) is 25.0 Å². The molecule has 0 bridgehead atoms. The number of benzene rings is 3. The van der Waals surface area contributed by atoms with Gasteiger partial charge in [0, 0.05) is 29.3 Å². The SMILES string of the molecule is CC1C(CN2CCCCCCC2)OC(c2cccc(NC(=O)c3ccc4c(c3)C(=O)OC4=O)c2)OC1c1ccc(CO)cc1. The monoisotopic (exact) mass is 598 g/mol. The summed E-state index contributed by atoms with van der Waals surface area (Å²) in [6, 6.07) is 19.5. The number of aliphatic hydroxyl groups is 1. The van der Waals surface area contributed by atoms with Crippen molar-refractivity contribution in [1.82, 2.24) is 4.90 Å². The van der Waals surface area contributed by atoms with E-state index in [0.717, 1.165) is 36.3 Å². The fraction of sp³-hybridized carbons (Fsp3) is 0.400. The highest BCUT2D eigenvalue weighted by Crippen LogP contribution is 2.42. The molecule has 2 saturated heterocycles. The van der Waals surface area contributed by atoms with Gasteiger partial charge in [-0.2, -0.15) is 0 Å². The number of cyclic esters (lactones) is 2. The van der Waals surface area contributed by atoms with Crippen molar-refractivity contribution in [2.24, 2.45) is 5.92 Å². The number of hydrogen-bond acceptors (Lipinski definition) is 8. The first-order valence-electron chi connectivity index (χ1n) is 15.4. The number of likely N-dealkylation sites (tertiary alicyclic amines) is 1. The molecule has 230 valence electrons. The Balaban J connectivity index is 1.23. The van der Waals surface area contributed by atoms with Crippen LogP contribution in [0.5, 0.6) is 0 Å². The molecule has 0 aromatic heterocycles. The van der Waals surface area contributed by atoms with Crippen LogP contribution in [0, 0.1) is 5.92 Å². The third-order valence-electron chi connectivity index (χ3n) is 8.83. The van der Waals surface area contributed by atoms with Gasteiger partial charge in [0.25, 0.3) is 5.91 Å². The number of hydrogen-bond donors (Lipinski definition) is 2. The number of anilines is 1. The topological polar surface area (TPSA) is 114 Å². The number of ether oxygens (including phenoxy) is 3. The van der Waals surface area contributed by atoms with Gasteiger partial charge in [-0.15, -0.1) is 0 Å². The first-order valence-corrected chi connectivity index (χ1v) is 15.4. The molecule has 3 aliphatic heterocycles. The van der Waals surface area contributed by atoms with Gasteiger partial charge >= 0.3 is 11.9 Å². The van der Waals surface area contributed by atoms with Crippen molar-refractivity contribution >= 4 is 23.5 Å². The van der Waals surface area contributed by atoms with Crippen molar-refractivity contribution < 1.29 is 33.7 Å². The number of amides is 1. The molecule has 9 heteroatoms. The van der Waals surface area contributed by atoms with E-state index in [0.29, 0.717) is 5.69 Å². The summed E-state index contributed by atoms with van der Waals surface area (Å²) in [4.78, 5) is 39.4. The average Bonchev–Trinajstić information content (AvgIpc) is 3.31. The Morgan fingerprint density at radius 1 is 0.864 bits per heavy atom. The number of carbonyl (C=O) groups excluding carboxylic acids is 3. The summed E-state index contributed by atoms with van der Waals surface area (Å²) in [5.41, 5.74) is 3.66. The highest BCUT2D eigenvalue weighted by Gasteiger charge is 2.39. The standard InChI is InChI=1S/C35H38N2O7/c1-22-30(20-37-16-5-3-2-4-6-17-37)42-35(43-31(22)24-12-10-23(21-38)11-13-24)26-8-7-9-27(18-26)36-32(39)25-14-15-28-29(19-25)34(41)44-33(28)40/h7-15,18-19,22,30-31,35,38H,2-6,16-17,20-21H2,1H3,(H,36,39). The van der Waals surface area contributed by atoms with E-state index >= 15 is 0 Å². The second-order valence-corrected chi connectivity index (χ2v) is 11.9. The van der Waals surface area contributed by atoms with E-state index in [1.165, 1.54) is 50.3 Å². The molecule has 3 aromatic rings. The summed E-state index contributed by atoms with van der Waals surface area (Å²) in [6.07, 6.45) is 5.23. The second-order valence-electron chi connectivity index (χ2n) is 11.9. The largest absolute Gasteiger partial charge is 0.392 e. The molecule has 0 spiro atoms. The minimum absolute atomic E-state index is 0.0170. The highest BCUT2D eigenvalue weighted by molar-refractivity contribution is 6.16. The first-order chi connectivity index (χ1) is 21.4. The van der Waals surface area contributed by atoms with Crippen molar-refractivity contribution in [1.29, 1.82) is 0 Å². The smallest absolute Gasteiger partial charge is 0.346 e. The summed E-state index contributed by atoms with van der Waals surface area (Å²) < 4.78 is 17.9. The molecule has 1 amide bonds. The summed E-state index contributed by atoms with van der Waals surface area (Å²) >= 11 is 0. The molecule has 4 unspecified atom stereocenters. The molecular weight excluding hydrogens is 560 g/mol. The molecule has 3 aliphatic rings. The lowest BCUT2D eigenvalue weighted by molar-refractivity contribution is -0.276. The zero-order chi connectivity index (χ0) is 30.6. The van der Waals surface area contributed by atoms with Crippen LogP contribution in [0.25, 0.3) is 0 Å². The van der Waals surface area contributed by atoms with Gasteiger partial charge in [-0.3, -0.25) is 4.79 Å². The summed E-state index contributed by atoms with van der Waals surface area (Å²) in [7, 11) is 0. The predicted octanol–water partition coefficient (Wildman–Crippen LogP) is 5.80. The molecule has 2 N–H and O–H groups in total. The van der Waals surface area contributed by atoms with Crippen LogP contribution in [0.1, 0.15) is 99.2 Å². The number of nitrogens with zero attached hydrogens (tertiary/aromatic N) is 1. The Morgan fingerprint density at radius 3 is 2.34 bits per heavy atom. The minimum Gasteiger partial charge on any atom is -0.392 e. The van der Waals surface area contributed by atoms with Crippen molar-refractivity contribution in [3.8, 4) is 0 Å². The molecule has 0 aliphatic carbocycles. The van der Waals surface area contributed by atoms with E-state index in [1.807, 2.05) is 42.5 Å². The molecule has 4 atom stereocenters. The zero-order valence-electron chi connectivity index (χ0n) is 24.9. The Kier molecular flexibility index (Phi) is 9.18. The van der Waals surface area contributed by atoms with E-state index < -0.39 is 24.1 Å². The maximum Gasteiger partial charge on any atom is 0.346 e. The van der Waals surface area contributed by atoms with E-state index in [2.05, 4.69) is 21.9 Å². The van der Waals surface area contributed by atoms with Gasteiger partial charge in [0.05, 0.1) is 29.9 Å². The summed E-state index contributed by atoms with van der Waals surface area (Å²) in [5.74, 6) is -1.81. The first kappa shape index (κ1) is 30.1. The Bertz CT molecular complexity index is 1510. The molecule has 3 heterocycles. The van der Waals surface area contributed by atoms with Gasteiger partial charge in [-0.25, -0.2) is 9.59 Å². The van der Waals surface area contributed by atoms with E-state index in [4.69, 9.17) is 9.47 Å². The van der Waals surface area contributed by atoms with Crippen LogP contribution in [0.4, 0.5) is 5.69 Å². The molecule has 0 radical (unpaired) electrons. The Hall–Kier alpha value is -3.89. The third kappa shape index (κ3) is 6.61. The van der Waals surface area contributed by atoms with Gasteiger partial charge in [0.15, 0.2) is 6.29 Å². The number of fused-ring (bicyclic) bond motifs is 1. The van der Waals surface area contributed by atoms with E-state index in [9.17, 15) is 19.5 Å². The van der Waals surface area contributed by atoms with Gasteiger partial charge in [0.1, 0.15) is 0 Å². The van der Waals surface area contributed by atoms with Crippen molar-refractivity contribution in [3.63, 3.8) is 0 Å². The molecular formula is C35H38N2O7. The number of esters is 2. The molecule has 3 aromatic carbocycles. The van der Waals surface area contributed by atoms with Crippen LogP contribution in [-0.2, 0) is 20.8 Å². The summed E-state index contributed by atoms with van der Waals surface area (Å²) in [6.45, 7) is 5.09. The van der Waals surface area contributed by atoms with Crippen LogP contribution >= 0.6 is 0 Å². The van der Waals surface area contributed by atoms with Gasteiger partial charge < -0.3 is 29.5 Å². The number of rotatable bonds is 7. The lowest BCUT2D eigenvalue weighted by Crippen LogP contribution is -2.45. The van der Waals surface area contributed by atoms with Crippen LogP contribution in [0.15, 0.2) is 66.7 Å². The lowest BCUT2D eigenvalue weighted by atomic mass is 9.89. The molecule has 44 heavy (non-hydrogen) atoms. The third-order valence-corrected chi connectivity index (χ3v) is 8.83. The van der Waals surface area contributed by atoms with Gasteiger partial charge in [-0.1, -0.05) is 62.6 Å². The average molecular weight is 599 g/mol. The quantitative estimate of drug-likeness (QED) is 0.259. The van der Waals surface area contributed by atoms with Crippen LogP contribution in [0.2, 0.25) is 0 Å². The molecule has 6 rings (SSSR count). The zero-order valence-corrected chi connectivity index (χ0v) is 24.9. The van der Waals surface area contributed by atoms with Crippen molar-refractivity contribution in [3.05, 3.63) is 100 Å². The number of nitrogens with one attached hydrogen (secondary N) is 1. The van der Waals surface area contributed by atoms with E-state index in [1.54, 1.807) is 6.07 Å². The van der Waals surface area contributed by atoms with Crippen molar-refractivity contribution in [2.45, 2.75) is 64.1 Å². The molecule has 2 fully saturated rings. The lowest BCUT2D eigenvalue weighted by Gasteiger charge is -2.43. The van der Waals surface area contributed by atoms with E-state index in [-0.39, 0.29) is 41.4 Å². The predicted molar refractivity (Wildman–Crippen MR) is 163 cm³/mol. The van der Waals surface area contributed by atoms with Crippen LogP contribution < -0.4 is 5.32 Å².